The van der Waals surface area contributed by atoms with Gasteiger partial charge in [0.1, 0.15) is 6.61 Å². The summed E-state index contributed by atoms with van der Waals surface area (Å²) >= 11 is 0. The van der Waals surface area contributed by atoms with Crippen LogP contribution in [0.1, 0.15) is 30.4 Å². The van der Waals surface area contributed by atoms with Crippen molar-refractivity contribution >= 4 is 16.2 Å². The summed E-state index contributed by atoms with van der Waals surface area (Å²) in [4.78, 5) is 14.6. The monoisotopic (exact) mass is 415 g/mol. The highest BCUT2D eigenvalue weighted by atomic mass is 32.2. The molecule has 3 unspecified atom stereocenters. The van der Waals surface area contributed by atoms with Crippen LogP contribution in [0.25, 0.3) is 0 Å². The Morgan fingerprint density at radius 1 is 1.07 bits per heavy atom. The van der Waals surface area contributed by atoms with Crippen LogP contribution in [-0.2, 0) is 25.6 Å². The number of ether oxygens (including phenoxy) is 1. The van der Waals surface area contributed by atoms with Crippen LogP contribution >= 0.6 is 0 Å². The molecule has 0 aliphatic carbocycles. The van der Waals surface area contributed by atoms with E-state index in [0.29, 0.717) is 0 Å². The van der Waals surface area contributed by atoms with Gasteiger partial charge in [0.05, 0.1) is 11.5 Å². The smallest absolute Gasteiger partial charge is 0.410 e. The van der Waals surface area contributed by atoms with Gasteiger partial charge in [-0.1, -0.05) is 48.0 Å². The molecule has 1 amide bonds. The predicted octanol–water partition coefficient (Wildman–Crippen LogP) is 3.89. The zero-order valence-electron chi connectivity index (χ0n) is 16.4. The Kier molecular flexibility index (Phi) is 5.61. The first kappa shape index (κ1) is 19.9. The van der Waals surface area contributed by atoms with Crippen LogP contribution in [0.2, 0.25) is 0 Å². The van der Waals surface area contributed by atoms with Crippen molar-refractivity contribution in [1.82, 2.24) is 4.90 Å². The van der Waals surface area contributed by atoms with E-state index in [4.69, 9.17) is 8.92 Å². The fraction of sp³-hybridized carbons (Fsp3) is 0.409. The molecular weight excluding hydrogens is 390 g/mol. The summed E-state index contributed by atoms with van der Waals surface area (Å²) in [6.45, 7) is 2.22. The predicted molar refractivity (Wildman–Crippen MR) is 108 cm³/mol. The molecule has 0 saturated carbocycles. The van der Waals surface area contributed by atoms with Crippen molar-refractivity contribution < 1.29 is 22.1 Å². The zero-order chi connectivity index (χ0) is 20.4. The maximum absolute atomic E-state index is 12.6. The standard InChI is InChI=1S/C22H25NO5S/c1-16-7-10-20(11-8-16)29(25,26)28-15-18-13-19-9-12-21(18)23(19)22(24)27-14-17-5-3-2-4-6-17/h2-8,10-11,18-19,21H,9,12-15H2,1H3. The van der Waals surface area contributed by atoms with Crippen molar-refractivity contribution in [3.63, 3.8) is 0 Å². The fourth-order valence-electron chi connectivity index (χ4n) is 4.32. The molecule has 0 radical (unpaired) electrons. The number of fused-ring (bicyclic) bond motifs is 2. The molecule has 0 spiro atoms. The Labute approximate surface area is 171 Å². The Morgan fingerprint density at radius 3 is 2.52 bits per heavy atom. The lowest BCUT2D eigenvalue weighted by atomic mass is 9.90. The SMILES string of the molecule is Cc1ccc(S(=O)(=O)OCC2CC3CCC2N3C(=O)OCc2ccccc2)cc1. The van der Waals surface area contributed by atoms with Crippen LogP contribution < -0.4 is 0 Å². The summed E-state index contributed by atoms with van der Waals surface area (Å²) in [6.07, 6.45) is 2.19. The molecule has 6 nitrogen and oxygen atoms in total. The van der Waals surface area contributed by atoms with Gasteiger partial charge in [-0.3, -0.25) is 4.18 Å². The van der Waals surface area contributed by atoms with Crippen LogP contribution in [0.4, 0.5) is 4.79 Å². The average Bonchev–Trinajstić information content (AvgIpc) is 3.30. The zero-order valence-corrected chi connectivity index (χ0v) is 17.2. The largest absolute Gasteiger partial charge is 0.445 e. The molecule has 2 fully saturated rings. The van der Waals surface area contributed by atoms with E-state index in [1.165, 1.54) is 0 Å². The van der Waals surface area contributed by atoms with E-state index in [0.717, 1.165) is 30.4 Å². The molecule has 7 heteroatoms. The van der Waals surface area contributed by atoms with E-state index in [9.17, 15) is 13.2 Å². The van der Waals surface area contributed by atoms with Crippen molar-refractivity contribution in [2.45, 2.75) is 49.8 Å². The normalized spacial score (nSPS) is 23.3. The number of hydrogen-bond donors (Lipinski definition) is 0. The van der Waals surface area contributed by atoms with Gasteiger partial charge >= 0.3 is 6.09 Å². The number of rotatable bonds is 6. The number of benzene rings is 2. The lowest BCUT2D eigenvalue weighted by Crippen LogP contribution is -2.37. The van der Waals surface area contributed by atoms with Gasteiger partial charge in [-0.2, -0.15) is 8.42 Å². The Balaban J connectivity index is 1.35. The number of carbonyl (C=O) groups excluding carboxylic acids is 1. The number of nitrogens with zero attached hydrogens (tertiary/aromatic N) is 1. The van der Waals surface area contributed by atoms with E-state index in [1.54, 1.807) is 29.2 Å². The van der Waals surface area contributed by atoms with Crippen LogP contribution in [0.15, 0.2) is 59.5 Å². The molecule has 2 aliphatic rings. The number of carbonyl (C=O) groups is 1. The molecule has 2 heterocycles. The minimum absolute atomic E-state index is 0.00162. The highest BCUT2D eigenvalue weighted by Crippen LogP contribution is 2.42. The minimum atomic E-state index is -3.80. The number of amides is 1. The van der Waals surface area contributed by atoms with Gasteiger partial charge in [0.25, 0.3) is 10.1 Å². The van der Waals surface area contributed by atoms with Crippen molar-refractivity contribution in [2.24, 2.45) is 5.92 Å². The van der Waals surface area contributed by atoms with E-state index < -0.39 is 10.1 Å². The summed E-state index contributed by atoms with van der Waals surface area (Å²) in [5.41, 5.74) is 1.93. The molecule has 4 rings (SSSR count). The molecular formula is C22H25NO5S. The molecule has 2 aliphatic heterocycles. The highest BCUT2D eigenvalue weighted by Gasteiger charge is 2.49. The summed E-state index contributed by atoms with van der Waals surface area (Å²) in [6, 6.07) is 16.2. The summed E-state index contributed by atoms with van der Waals surface area (Å²) < 4.78 is 35.7. The summed E-state index contributed by atoms with van der Waals surface area (Å²) in [7, 11) is -3.80. The first-order chi connectivity index (χ1) is 13.9. The lowest BCUT2D eigenvalue weighted by molar-refractivity contribution is 0.0867. The highest BCUT2D eigenvalue weighted by molar-refractivity contribution is 7.86. The van der Waals surface area contributed by atoms with Gasteiger partial charge in [-0.25, -0.2) is 4.79 Å². The van der Waals surface area contributed by atoms with Crippen molar-refractivity contribution in [2.75, 3.05) is 6.61 Å². The second kappa shape index (κ2) is 8.16. The summed E-state index contributed by atoms with van der Waals surface area (Å²) in [5, 5.41) is 0. The average molecular weight is 416 g/mol. The van der Waals surface area contributed by atoms with Crippen LogP contribution in [0.5, 0.6) is 0 Å². The van der Waals surface area contributed by atoms with Crippen molar-refractivity contribution in [3.05, 3.63) is 65.7 Å². The Hall–Kier alpha value is -2.38. The van der Waals surface area contributed by atoms with Gasteiger partial charge in [0.2, 0.25) is 0 Å². The minimum Gasteiger partial charge on any atom is -0.445 e. The van der Waals surface area contributed by atoms with E-state index in [2.05, 4.69) is 0 Å². The first-order valence-corrected chi connectivity index (χ1v) is 11.3. The lowest BCUT2D eigenvalue weighted by Gasteiger charge is -2.23. The molecule has 2 bridgehead atoms. The molecule has 2 aromatic rings. The second-order valence-electron chi connectivity index (χ2n) is 7.79. The van der Waals surface area contributed by atoms with E-state index >= 15 is 0 Å². The van der Waals surface area contributed by atoms with Gasteiger partial charge in [-0.15, -0.1) is 0 Å². The van der Waals surface area contributed by atoms with Gasteiger partial charge in [0.15, 0.2) is 0 Å². The van der Waals surface area contributed by atoms with Crippen LogP contribution in [-0.4, -0.2) is 38.1 Å². The Bertz CT molecular complexity index is 958. The molecule has 3 atom stereocenters. The number of hydrogen-bond acceptors (Lipinski definition) is 5. The fourth-order valence-corrected chi connectivity index (χ4v) is 5.28. The van der Waals surface area contributed by atoms with Gasteiger partial charge in [0, 0.05) is 18.0 Å². The van der Waals surface area contributed by atoms with Crippen LogP contribution in [0, 0.1) is 12.8 Å². The maximum Gasteiger partial charge on any atom is 0.410 e. The quantitative estimate of drug-likeness (QED) is 0.669. The molecule has 29 heavy (non-hydrogen) atoms. The maximum atomic E-state index is 12.6. The number of aryl methyl sites for hydroxylation is 1. The second-order valence-corrected chi connectivity index (χ2v) is 9.41. The van der Waals surface area contributed by atoms with Crippen LogP contribution in [0.3, 0.4) is 0 Å². The molecule has 154 valence electrons. The Morgan fingerprint density at radius 2 is 1.79 bits per heavy atom. The topological polar surface area (TPSA) is 72.9 Å². The van der Waals surface area contributed by atoms with E-state index in [1.807, 2.05) is 37.3 Å². The van der Waals surface area contributed by atoms with Crippen molar-refractivity contribution in [3.8, 4) is 0 Å². The summed E-state index contributed by atoms with van der Waals surface area (Å²) in [5.74, 6) is -0.00162. The van der Waals surface area contributed by atoms with Gasteiger partial charge in [-0.05, 0) is 43.9 Å². The third-order valence-corrected chi connectivity index (χ3v) is 7.12. The first-order valence-electron chi connectivity index (χ1n) is 9.89. The van der Waals surface area contributed by atoms with Crippen molar-refractivity contribution in [1.29, 1.82) is 0 Å². The van der Waals surface area contributed by atoms with Gasteiger partial charge < -0.3 is 9.64 Å². The molecule has 2 saturated heterocycles. The molecule has 0 aromatic heterocycles. The third kappa shape index (κ3) is 4.31. The third-order valence-electron chi connectivity index (χ3n) is 5.83. The molecule has 0 N–H and O–H groups in total. The van der Waals surface area contributed by atoms with E-state index in [-0.39, 0.29) is 42.2 Å². The molecule has 2 aromatic carbocycles.